The van der Waals surface area contributed by atoms with Crippen LogP contribution in [0, 0.1) is 0 Å². The standard InChI is InChI=1S/C23H29N3O4/c1-16(2)24-22(29)21-19-9-12-25(20(28)10-13-27)14-18(19)15-26(23(21)30)11-8-17-6-4-3-5-7-17/h3-7,15-16,27H,8-14H2,1-2H3,(H,24,29). The molecule has 1 aliphatic rings. The first kappa shape index (κ1) is 21.8. The van der Waals surface area contributed by atoms with Gasteiger partial charge in [-0.15, -0.1) is 0 Å². The monoisotopic (exact) mass is 411 g/mol. The number of aliphatic hydroxyl groups excluding tert-OH is 1. The highest BCUT2D eigenvalue weighted by atomic mass is 16.3. The van der Waals surface area contributed by atoms with Gasteiger partial charge in [-0.05, 0) is 43.4 Å². The summed E-state index contributed by atoms with van der Waals surface area (Å²) in [5, 5.41) is 11.9. The Labute approximate surface area is 176 Å². The summed E-state index contributed by atoms with van der Waals surface area (Å²) in [6, 6.07) is 9.78. The van der Waals surface area contributed by atoms with Gasteiger partial charge >= 0.3 is 0 Å². The van der Waals surface area contributed by atoms with Crippen molar-refractivity contribution in [2.24, 2.45) is 0 Å². The average molecular weight is 412 g/mol. The lowest BCUT2D eigenvalue weighted by atomic mass is 9.95. The number of aliphatic hydroxyl groups is 1. The molecule has 0 spiro atoms. The molecule has 0 saturated heterocycles. The Hall–Kier alpha value is -2.93. The van der Waals surface area contributed by atoms with Gasteiger partial charge in [-0.25, -0.2) is 0 Å². The van der Waals surface area contributed by atoms with Crippen molar-refractivity contribution in [2.45, 2.75) is 52.2 Å². The molecule has 7 nitrogen and oxygen atoms in total. The molecule has 2 aromatic rings. The van der Waals surface area contributed by atoms with Crippen LogP contribution in [0.4, 0.5) is 0 Å². The van der Waals surface area contributed by atoms with E-state index in [0.29, 0.717) is 32.5 Å². The van der Waals surface area contributed by atoms with E-state index in [1.807, 2.05) is 44.2 Å². The van der Waals surface area contributed by atoms with Crippen LogP contribution in [0.5, 0.6) is 0 Å². The van der Waals surface area contributed by atoms with E-state index in [9.17, 15) is 14.4 Å². The third kappa shape index (κ3) is 4.97. The van der Waals surface area contributed by atoms with Gasteiger partial charge in [-0.3, -0.25) is 14.4 Å². The molecule has 0 radical (unpaired) electrons. The summed E-state index contributed by atoms with van der Waals surface area (Å²) >= 11 is 0. The van der Waals surface area contributed by atoms with Gasteiger partial charge < -0.3 is 19.9 Å². The second kappa shape index (κ2) is 9.71. The van der Waals surface area contributed by atoms with Gasteiger partial charge in [0, 0.05) is 38.3 Å². The third-order valence-corrected chi connectivity index (χ3v) is 5.28. The zero-order chi connectivity index (χ0) is 21.7. The molecule has 0 fully saturated rings. The first-order chi connectivity index (χ1) is 14.4. The predicted octanol–water partition coefficient (Wildman–Crippen LogP) is 1.50. The van der Waals surface area contributed by atoms with Crippen LogP contribution in [0.25, 0.3) is 0 Å². The largest absolute Gasteiger partial charge is 0.396 e. The summed E-state index contributed by atoms with van der Waals surface area (Å²) in [6.45, 7) is 4.74. The van der Waals surface area contributed by atoms with Crippen LogP contribution in [0.15, 0.2) is 41.3 Å². The normalized spacial score (nSPS) is 13.3. The maximum Gasteiger partial charge on any atom is 0.263 e. The van der Waals surface area contributed by atoms with Gasteiger partial charge in [-0.2, -0.15) is 0 Å². The van der Waals surface area contributed by atoms with Gasteiger partial charge in [0.25, 0.3) is 11.5 Å². The molecule has 0 aliphatic carbocycles. The quantitative estimate of drug-likeness (QED) is 0.722. The number of amides is 2. The molecule has 0 unspecified atom stereocenters. The van der Waals surface area contributed by atoms with Crippen LogP contribution >= 0.6 is 0 Å². The Morgan fingerprint density at radius 3 is 2.60 bits per heavy atom. The van der Waals surface area contributed by atoms with E-state index >= 15 is 0 Å². The van der Waals surface area contributed by atoms with Gasteiger partial charge in [0.05, 0.1) is 6.61 Å². The summed E-state index contributed by atoms with van der Waals surface area (Å²) in [4.78, 5) is 40.0. The number of hydrogen-bond donors (Lipinski definition) is 2. The van der Waals surface area contributed by atoms with E-state index in [0.717, 1.165) is 16.7 Å². The molecule has 1 aliphatic heterocycles. The van der Waals surface area contributed by atoms with E-state index in [1.165, 1.54) is 0 Å². The maximum absolute atomic E-state index is 13.2. The number of rotatable bonds is 7. The van der Waals surface area contributed by atoms with E-state index in [2.05, 4.69) is 5.32 Å². The van der Waals surface area contributed by atoms with Crippen LogP contribution < -0.4 is 10.9 Å². The highest BCUT2D eigenvalue weighted by Gasteiger charge is 2.28. The molecule has 30 heavy (non-hydrogen) atoms. The van der Waals surface area contributed by atoms with Crippen molar-refractivity contribution in [3.8, 4) is 0 Å². The SMILES string of the molecule is CC(C)NC(=O)c1c2c(cn(CCc3ccccc3)c1=O)CN(C(=O)CCO)CC2. The number of carbonyl (C=O) groups is 2. The number of aromatic nitrogens is 1. The van der Waals surface area contributed by atoms with Crippen LogP contribution in [0.3, 0.4) is 0 Å². The lowest BCUT2D eigenvalue weighted by Gasteiger charge is -2.30. The molecule has 0 bridgehead atoms. The highest BCUT2D eigenvalue weighted by Crippen LogP contribution is 2.22. The number of carbonyl (C=O) groups excluding carboxylic acids is 2. The Morgan fingerprint density at radius 2 is 1.93 bits per heavy atom. The van der Waals surface area contributed by atoms with Crippen LogP contribution in [0.2, 0.25) is 0 Å². The topological polar surface area (TPSA) is 91.6 Å². The first-order valence-corrected chi connectivity index (χ1v) is 10.4. The van der Waals surface area contributed by atoms with Crippen LogP contribution in [-0.4, -0.2) is 45.6 Å². The number of nitrogens with zero attached hydrogens (tertiary/aromatic N) is 2. The zero-order valence-electron chi connectivity index (χ0n) is 17.6. The number of nitrogens with one attached hydrogen (secondary N) is 1. The van der Waals surface area contributed by atoms with Crippen molar-refractivity contribution in [3.63, 3.8) is 0 Å². The van der Waals surface area contributed by atoms with Crippen molar-refractivity contribution < 1.29 is 14.7 Å². The molecule has 160 valence electrons. The molecule has 0 saturated carbocycles. The Bertz CT molecular complexity index is 966. The predicted molar refractivity (Wildman–Crippen MR) is 114 cm³/mol. The summed E-state index contributed by atoms with van der Waals surface area (Å²) in [6.07, 6.45) is 2.97. The molecule has 2 N–H and O–H groups in total. The number of fused-ring (bicyclic) bond motifs is 1. The first-order valence-electron chi connectivity index (χ1n) is 10.4. The van der Waals surface area contributed by atoms with Crippen molar-refractivity contribution in [3.05, 3.63) is 69.1 Å². The Morgan fingerprint density at radius 1 is 1.20 bits per heavy atom. The molecular formula is C23H29N3O4. The van der Waals surface area contributed by atoms with E-state index in [4.69, 9.17) is 5.11 Å². The maximum atomic E-state index is 13.2. The fourth-order valence-electron chi connectivity index (χ4n) is 3.81. The van der Waals surface area contributed by atoms with E-state index in [-0.39, 0.29) is 42.0 Å². The summed E-state index contributed by atoms with van der Waals surface area (Å²) in [5.74, 6) is -0.492. The molecular weight excluding hydrogens is 382 g/mol. The molecule has 0 atom stereocenters. The van der Waals surface area contributed by atoms with Crippen molar-refractivity contribution >= 4 is 11.8 Å². The highest BCUT2D eigenvalue weighted by molar-refractivity contribution is 5.96. The van der Waals surface area contributed by atoms with Crippen LogP contribution in [0.1, 0.15) is 47.3 Å². The van der Waals surface area contributed by atoms with E-state index in [1.54, 1.807) is 15.7 Å². The minimum atomic E-state index is -0.365. The zero-order valence-corrected chi connectivity index (χ0v) is 17.6. The van der Waals surface area contributed by atoms with Crippen molar-refractivity contribution in [1.82, 2.24) is 14.8 Å². The second-order valence-corrected chi connectivity index (χ2v) is 7.91. The fraction of sp³-hybridized carbons (Fsp3) is 0.435. The van der Waals surface area contributed by atoms with Gasteiger partial charge in [0.15, 0.2) is 0 Å². The summed E-state index contributed by atoms with van der Waals surface area (Å²) in [7, 11) is 0. The lowest BCUT2D eigenvalue weighted by Crippen LogP contribution is -2.42. The number of benzene rings is 1. The summed E-state index contributed by atoms with van der Waals surface area (Å²) in [5.41, 5.74) is 2.54. The molecule has 1 aromatic heterocycles. The molecule has 3 rings (SSSR count). The van der Waals surface area contributed by atoms with Gasteiger partial charge in [0.2, 0.25) is 5.91 Å². The Balaban J connectivity index is 1.96. The minimum absolute atomic E-state index is 0.0731. The number of hydrogen-bond acceptors (Lipinski definition) is 4. The average Bonchev–Trinajstić information content (AvgIpc) is 2.72. The number of aryl methyl sites for hydroxylation is 2. The molecule has 1 aromatic carbocycles. The van der Waals surface area contributed by atoms with Crippen LogP contribution in [-0.2, 0) is 30.7 Å². The molecule has 2 heterocycles. The fourth-order valence-corrected chi connectivity index (χ4v) is 3.81. The minimum Gasteiger partial charge on any atom is -0.396 e. The van der Waals surface area contributed by atoms with E-state index < -0.39 is 0 Å². The molecule has 2 amide bonds. The molecule has 7 heteroatoms. The second-order valence-electron chi connectivity index (χ2n) is 7.91. The lowest BCUT2D eigenvalue weighted by molar-refractivity contribution is -0.132. The van der Waals surface area contributed by atoms with Gasteiger partial charge in [-0.1, -0.05) is 30.3 Å². The van der Waals surface area contributed by atoms with Crippen molar-refractivity contribution in [2.75, 3.05) is 13.2 Å². The summed E-state index contributed by atoms with van der Waals surface area (Å²) < 4.78 is 1.58. The van der Waals surface area contributed by atoms with Crippen molar-refractivity contribution in [1.29, 1.82) is 0 Å². The number of pyridine rings is 1. The van der Waals surface area contributed by atoms with Gasteiger partial charge in [0.1, 0.15) is 5.56 Å². The smallest absolute Gasteiger partial charge is 0.263 e. The Kier molecular flexibility index (Phi) is 7.05. The third-order valence-electron chi connectivity index (χ3n) is 5.28.